The molecule has 3 aliphatic heterocycles. The van der Waals surface area contributed by atoms with Crippen LogP contribution < -0.4 is 4.90 Å². The van der Waals surface area contributed by atoms with E-state index in [0.717, 1.165) is 12.8 Å². The summed E-state index contributed by atoms with van der Waals surface area (Å²) in [6, 6.07) is -0.628. The number of ketones is 1. The lowest BCUT2D eigenvalue weighted by Crippen LogP contribution is -2.62. The van der Waals surface area contributed by atoms with Crippen LogP contribution in [0.25, 0.3) is 10.9 Å². The Morgan fingerprint density at radius 1 is 1.24 bits per heavy atom. The van der Waals surface area contributed by atoms with Gasteiger partial charge in [0, 0.05) is 13.0 Å². The first kappa shape index (κ1) is 22.6. The third kappa shape index (κ3) is 3.71. The third-order valence-electron chi connectivity index (χ3n) is 6.31. The Bertz CT molecular complexity index is 1170. The van der Waals surface area contributed by atoms with Crippen molar-refractivity contribution in [3.05, 3.63) is 16.7 Å². The van der Waals surface area contributed by atoms with E-state index >= 15 is 4.39 Å². The van der Waals surface area contributed by atoms with Gasteiger partial charge in [-0.3, -0.25) is 9.69 Å². The zero-order chi connectivity index (χ0) is 23.7. The van der Waals surface area contributed by atoms with Crippen molar-refractivity contribution in [2.75, 3.05) is 17.2 Å². The fourth-order valence-corrected chi connectivity index (χ4v) is 5.86. The lowest BCUT2D eigenvalue weighted by atomic mass is 9.97. The third-order valence-corrected chi connectivity index (χ3v) is 7.29. The van der Waals surface area contributed by atoms with Gasteiger partial charge in [-0.05, 0) is 39.4 Å². The summed E-state index contributed by atoms with van der Waals surface area (Å²) < 4.78 is 20.7. The molecule has 1 amide bonds. The predicted molar refractivity (Wildman–Crippen MR) is 124 cm³/mol. The minimum atomic E-state index is -0.751. The summed E-state index contributed by atoms with van der Waals surface area (Å²) in [6.07, 6.45) is 1.30. The molecule has 0 N–H and O–H groups in total. The predicted octanol–water partition coefficient (Wildman–Crippen LogP) is 4.47. The zero-order valence-electron chi connectivity index (χ0n) is 18.9. The summed E-state index contributed by atoms with van der Waals surface area (Å²) in [4.78, 5) is 43.4. The first-order valence-electron chi connectivity index (χ1n) is 11.1. The topological polar surface area (TPSA) is 88.5 Å². The molecule has 2 saturated heterocycles. The first-order chi connectivity index (χ1) is 15.6. The minimum absolute atomic E-state index is 0.0156. The molecule has 0 spiro atoms. The lowest BCUT2D eigenvalue weighted by molar-refractivity contribution is 0.00717. The number of fused-ring (bicyclic) bond motifs is 5. The van der Waals surface area contributed by atoms with Crippen LogP contribution in [0.4, 0.5) is 15.0 Å². The van der Waals surface area contributed by atoms with Crippen molar-refractivity contribution >= 4 is 52.0 Å². The largest absolute Gasteiger partial charge is 0.444 e. The van der Waals surface area contributed by atoms with Gasteiger partial charge in [0.05, 0.1) is 23.5 Å². The van der Waals surface area contributed by atoms with Crippen LogP contribution in [0, 0.1) is 5.82 Å². The molecule has 0 unspecified atom stereocenters. The molecule has 176 valence electrons. The van der Waals surface area contributed by atoms with Crippen LogP contribution in [0.3, 0.4) is 0 Å². The fraction of sp³-hybridized carbons (Fsp3) is 0.591. The van der Waals surface area contributed by atoms with E-state index in [0.29, 0.717) is 28.7 Å². The number of thioether (sulfide) groups is 1. The summed E-state index contributed by atoms with van der Waals surface area (Å²) in [5, 5.41) is 0.344. The maximum atomic E-state index is 15.0. The van der Waals surface area contributed by atoms with E-state index in [2.05, 4.69) is 14.9 Å². The van der Waals surface area contributed by atoms with Gasteiger partial charge in [-0.1, -0.05) is 30.3 Å². The Morgan fingerprint density at radius 2 is 2.00 bits per heavy atom. The molecule has 5 rings (SSSR count). The molecule has 5 heterocycles. The molecule has 0 saturated carbocycles. The smallest absolute Gasteiger partial charge is 0.410 e. The molecule has 3 atom stereocenters. The van der Waals surface area contributed by atoms with Gasteiger partial charge in [0.25, 0.3) is 0 Å². The van der Waals surface area contributed by atoms with Gasteiger partial charge in [-0.25, -0.2) is 24.1 Å². The SMILES string of the molecule is CCSc1nc2c3c(nc(Cl)c(F)c3n1)C(=O)C[C@@H]1[C@@H]3CC[C@H](CN21)N3C(=O)OC(C)(C)C. The quantitative estimate of drug-likeness (QED) is 0.344. The molecule has 33 heavy (non-hydrogen) atoms. The van der Waals surface area contributed by atoms with Crippen molar-refractivity contribution in [1.29, 1.82) is 0 Å². The van der Waals surface area contributed by atoms with Crippen LogP contribution in [0.1, 0.15) is 57.4 Å². The van der Waals surface area contributed by atoms with Crippen molar-refractivity contribution in [1.82, 2.24) is 19.9 Å². The molecule has 2 bridgehead atoms. The highest BCUT2D eigenvalue weighted by Gasteiger charge is 2.52. The maximum Gasteiger partial charge on any atom is 0.410 e. The van der Waals surface area contributed by atoms with Crippen molar-refractivity contribution in [2.45, 2.75) is 75.8 Å². The number of ether oxygens (including phenoxy) is 1. The number of nitrogens with zero attached hydrogens (tertiary/aromatic N) is 5. The maximum absolute atomic E-state index is 15.0. The van der Waals surface area contributed by atoms with Gasteiger partial charge >= 0.3 is 6.09 Å². The number of carbonyl (C=O) groups is 2. The van der Waals surface area contributed by atoms with E-state index < -0.39 is 11.4 Å². The number of pyridine rings is 1. The van der Waals surface area contributed by atoms with Crippen LogP contribution in [0.15, 0.2) is 5.16 Å². The van der Waals surface area contributed by atoms with Crippen LogP contribution in [0.5, 0.6) is 0 Å². The average molecular weight is 494 g/mol. The Hall–Kier alpha value is -2.20. The van der Waals surface area contributed by atoms with Crippen LogP contribution >= 0.6 is 23.4 Å². The van der Waals surface area contributed by atoms with Gasteiger partial charge in [0.1, 0.15) is 22.6 Å². The second-order valence-corrected chi connectivity index (χ2v) is 11.2. The number of hydrogen-bond acceptors (Lipinski definition) is 8. The van der Waals surface area contributed by atoms with E-state index in [1.807, 2.05) is 27.7 Å². The number of amides is 1. The number of piperazine rings is 1. The summed E-state index contributed by atoms with van der Waals surface area (Å²) in [6.45, 7) is 7.94. The average Bonchev–Trinajstić information content (AvgIpc) is 3.01. The van der Waals surface area contributed by atoms with Crippen molar-refractivity contribution < 1.29 is 18.7 Å². The van der Waals surface area contributed by atoms with Gasteiger partial charge < -0.3 is 9.64 Å². The Labute approximate surface area is 200 Å². The summed E-state index contributed by atoms with van der Waals surface area (Å²) in [7, 11) is 0. The molecule has 2 fully saturated rings. The van der Waals surface area contributed by atoms with Crippen LogP contribution in [0.2, 0.25) is 5.15 Å². The monoisotopic (exact) mass is 493 g/mol. The lowest BCUT2D eigenvalue weighted by Gasteiger charge is -2.46. The van der Waals surface area contributed by atoms with Gasteiger partial charge in [-0.2, -0.15) is 0 Å². The second-order valence-electron chi connectivity index (χ2n) is 9.58. The molecule has 2 aromatic rings. The summed E-state index contributed by atoms with van der Waals surface area (Å²) in [5.74, 6) is 0.187. The van der Waals surface area contributed by atoms with E-state index in [4.69, 9.17) is 21.3 Å². The molecule has 0 aliphatic carbocycles. The van der Waals surface area contributed by atoms with Crippen LogP contribution in [-0.4, -0.2) is 67.8 Å². The fourth-order valence-electron chi connectivity index (χ4n) is 5.12. The van der Waals surface area contributed by atoms with Gasteiger partial charge in [0.2, 0.25) is 0 Å². The molecular weight excluding hydrogens is 469 g/mol. The number of anilines is 1. The van der Waals surface area contributed by atoms with Crippen molar-refractivity contribution in [3.8, 4) is 0 Å². The number of carbonyl (C=O) groups excluding carboxylic acids is 2. The number of halogens is 2. The normalized spacial score (nSPS) is 24.2. The zero-order valence-corrected chi connectivity index (χ0v) is 20.5. The van der Waals surface area contributed by atoms with Crippen LogP contribution in [-0.2, 0) is 4.74 Å². The molecular formula is C22H25ClFN5O3S. The molecule has 3 aliphatic rings. The van der Waals surface area contributed by atoms with E-state index in [1.54, 1.807) is 4.90 Å². The minimum Gasteiger partial charge on any atom is -0.444 e. The van der Waals surface area contributed by atoms with E-state index in [9.17, 15) is 9.59 Å². The van der Waals surface area contributed by atoms with Crippen molar-refractivity contribution in [3.63, 3.8) is 0 Å². The molecule has 0 radical (unpaired) electrons. The number of aromatic nitrogens is 3. The molecule has 0 aromatic carbocycles. The summed E-state index contributed by atoms with van der Waals surface area (Å²) in [5.41, 5.74) is -0.512. The molecule has 11 heteroatoms. The van der Waals surface area contributed by atoms with E-state index in [-0.39, 0.29) is 52.8 Å². The van der Waals surface area contributed by atoms with Crippen molar-refractivity contribution in [2.24, 2.45) is 0 Å². The van der Waals surface area contributed by atoms with Gasteiger partial charge in [-0.15, -0.1) is 0 Å². The first-order valence-corrected chi connectivity index (χ1v) is 12.5. The van der Waals surface area contributed by atoms with Gasteiger partial charge in [0.15, 0.2) is 21.9 Å². The Morgan fingerprint density at radius 3 is 2.70 bits per heavy atom. The molecule has 2 aromatic heterocycles. The number of rotatable bonds is 2. The highest BCUT2D eigenvalue weighted by molar-refractivity contribution is 7.99. The standard InChI is InChI=1S/C22H25ClFN5O3S/c1-5-33-20-26-17-14-16(25-18(23)15(17)24)13(30)8-12-11-7-6-10(9-28(12)19(14)27-20)29(11)21(31)32-22(2,3)4/h10-12H,5-9H2,1-4H3/t10-,11+,12-/m1/s1. The highest BCUT2D eigenvalue weighted by Crippen LogP contribution is 2.44. The summed E-state index contributed by atoms with van der Waals surface area (Å²) >= 11 is 7.44. The Kier molecular flexibility index (Phi) is 5.43. The van der Waals surface area contributed by atoms with E-state index in [1.165, 1.54) is 11.8 Å². The highest BCUT2D eigenvalue weighted by atomic mass is 35.5. The number of Topliss-reactive ketones (excluding diaryl/α,β-unsaturated/α-hetero) is 1. The Balaban J connectivity index is 1.65. The second kappa shape index (κ2) is 7.94. The molecule has 8 nitrogen and oxygen atoms in total. The number of hydrogen-bond donors (Lipinski definition) is 0.